The van der Waals surface area contributed by atoms with Crippen molar-refractivity contribution in [3.63, 3.8) is 0 Å². The zero-order valence-electron chi connectivity index (χ0n) is 21.2. The topological polar surface area (TPSA) is 65.0 Å². The molecule has 0 saturated heterocycles. The SMILES string of the molecule is CC(C)OC(=O)CCC/C=C\C[C@H]1C(O)C[C@@H](OC(C)C)[C@@H]1/C=C/C(F)(F)COc1ccccc1. The normalized spacial score (nSPS) is 23.1. The summed E-state index contributed by atoms with van der Waals surface area (Å²) in [6.07, 6.45) is 7.78. The summed E-state index contributed by atoms with van der Waals surface area (Å²) < 4.78 is 45.4. The van der Waals surface area contributed by atoms with Crippen LogP contribution in [0.4, 0.5) is 8.78 Å². The van der Waals surface area contributed by atoms with Gasteiger partial charge in [-0.25, -0.2) is 0 Å². The van der Waals surface area contributed by atoms with Gasteiger partial charge in [0.2, 0.25) is 0 Å². The first-order valence-corrected chi connectivity index (χ1v) is 12.5. The molecule has 0 bridgehead atoms. The molecule has 0 aromatic heterocycles. The number of hydrogen-bond acceptors (Lipinski definition) is 5. The summed E-state index contributed by atoms with van der Waals surface area (Å²) >= 11 is 0. The molecule has 1 aromatic rings. The summed E-state index contributed by atoms with van der Waals surface area (Å²) in [6, 6.07) is 8.52. The highest BCUT2D eigenvalue weighted by molar-refractivity contribution is 5.69. The number of unbranched alkanes of at least 4 members (excludes halogenated alkanes) is 1. The third-order valence-corrected chi connectivity index (χ3v) is 5.77. The number of esters is 1. The standard InChI is InChI=1S/C28H40F2O5/c1-20(2)34-26-18-25(31)23(14-10-5-6-11-15-27(32)35-21(3)4)24(26)16-17-28(29,30)19-33-22-12-8-7-9-13-22/h5,7-10,12-13,16-17,20-21,23-26,31H,6,11,14-15,18-19H2,1-4H3/b10-5-,17-16+/t23-,24-,25?,26-/m1/s1. The van der Waals surface area contributed by atoms with Crippen molar-refractivity contribution < 1.29 is 32.9 Å². The summed E-state index contributed by atoms with van der Waals surface area (Å²) in [5.74, 6) is -3.56. The Bertz CT molecular complexity index is 807. The van der Waals surface area contributed by atoms with Crippen LogP contribution in [0.5, 0.6) is 5.75 Å². The number of para-hydroxylation sites is 1. The third kappa shape index (κ3) is 10.9. The molecule has 0 aliphatic heterocycles. The molecule has 4 atom stereocenters. The highest BCUT2D eigenvalue weighted by atomic mass is 19.3. The molecule has 1 unspecified atom stereocenters. The molecule has 196 valence electrons. The smallest absolute Gasteiger partial charge is 0.306 e. The number of rotatable bonds is 14. The van der Waals surface area contributed by atoms with Crippen molar-refractivity contribution in [2.45, 2.75) is 90.1 Å². The van der Waals surface area contributed by atoms with E-state index in [-0.39, 0.29) is 36.1 Å². The molecule has 2 rings (SSSR count). The van der Waals surface area contributed by atoms with E-state index in [1.54, 1.807) is 30.3 Å². The maximum Gasteiger partial charge on any atom is 0.306 e. The Kier molecular flexibility index (Phi) is 11.9. The van der Waals surface area contributed by atoms with Crippen molar-refractivity contribution in [1.82, 2.24) is 0 Å². The molecule has 35 heavy (non-hydrogen) atoms. The molecule has 1 aromatic carbocycles. The van der Waals surface area contributed by atoms with Gasteiger partial charge in [-0.05, 0) is 71.1 Å². The number of ether oxygens (including phenoxy) is 3. The van der Waals surface area contributed by atoms with Gasteiger partial charge in [0, 0.05) is 18.8 Å². The lowest BCUT2D eigenvalue weighted by Gasteiger charge is -2.24. The average Bonchev–Trinajstić information content (AvgIpc) is 3.07. The second-order valence-corrected chi connectivity index (χ2v) is 9.63. The number of carbonyl (C=O) groups is 1. The molecule has 0 spiro atoms. The van der Waals surface area contributed by atoms with E-state index in [2.05, 4.69) is 0 Å². The maximum atomic E-state index is 14.5. The molecule has 0 amide bonds. The predicted octanol–water partition coefficient (Wildman–Crippen LogP) is 6.12. The van der Waals surface area contributed by atoms with Gasteiger partial charge in [-0.15, -0.1) is 0 Å². The van der Waals surface area contributed by atoms with Crippen molar-refractivity contribution in [1.29, 1.82) is 0 Å². The minimum Gasteiger partial charge on any atom is -0.487 e. The molecule has 1 aliphatic rings. The van der Waals surface area contributed by atoms with Gasteiger partial charge in [0.1, 0.15) is 5.75 Å². The second-order valence-electron chi connectivity index (χ2n) is 9.63. The Hall–Kier alpha value is -2.25. The Morgan fingerprint density at radius 2 is 1.86 bits per heavy atom. The number of halogens is 2. The summed E-state index contributed by atoms with van der Waals surface area (Å²) in [5.41, 5.74) is 0. The van der Waals surface area contributed by atoms with Crippen molar-refractivity contribution >= 4 is 5.97 Å². The highest BCUT2D eigenvalue weighted by Crippen LogP contribution is 2.39. The molecule has 0 radical (unpaired) electrons. The van der Waals surface area contributed by atoms with Gasteiger partial charge < -0.3 is 19.3 Å². The Labute approximate surface area is 208 Å². The number of aliphatic hydroxyl groups is 1. The largest absolute Gasteiger partial charge is 0.487 e. The highest BCUT2D eigenvalue weighted by Gasteiger charge is 2.42. The Balaban J connectivity index is 1.95. The van der Waals surface area contributed by atoms with Crippen molar-refractivity contribution in [3.05, 3.63) is 54.6 Å². The number of alkyl halides is 2. The first-order valence-electron chi connectivity index (χ1n) is 12.5. The van der Waals surface area contributed by atoms with Gasteiger partial charge in [0.15, 0.2) is 6.61 Å². The number of aliphatic hydroxyl groups excluding tert-OH is 1. The monoisotopic (exact) mass is 494 g/mol. The minimum atomic E-state index is -3.16. The van der Waals surface area contributed by atoms with Crippen LogP contribution in [-0.2, 0) is 14.3 Å². The van der Waals surface area contributed by atoms with Crippen LogP contribution in [0.25, 0.3) is 0 Å². The van der Waals surface area contributed by atoms with Crippen LogP contribution in [-0.4, -0.2) is 48.0 Å². The summed E-state index contributed by atoms with van der Waals surface area (Å²) in [7, 11) is 0. The molecule has 7 heteroatoms. The van der Waals surface area contributed by atoms with Gasteiger partial charge in [-0.1, -0.05) is 36.4 Å². The van der Waals surface area contributed by atoms with Gasteiger partial charge in [-0.3, -0.25) is 4.79 Å². The number of carbonyl (C=O) groups excluding carboxylic acids is 1. The van der Waals surface area contributed by atoms with E-state index in [0.29, 0.717) is 37.9 Å². The fraction of sp³-hybridized carbons (Fsp3) is 0.607. The number of benzene rings is 1. The second kappa shape index (κ2) is 14.3. The lowest BCUT2D eigenvalue weighted by atomic mass is 9.89. The van der Waals surface area contributed by atoms with Crippen LogP contribution in [0, 0.1) is 11.8 Å². The predicted molar refractivity (Wildman–Crippen MR) is 132 cm³/mol. The molecule has 0 heterocycles. The van der Waals surface area contributed by atoms with Gasteiger partial charge in [0.05, 0.1) is 24.4 Å². The van der Waals surface area contributed by atoms with E-state index in [9.17, 15) is 18.7 Å². The lowest BCUT2D eigenvalue weighted by Crippen LogP contribution is -2.27. The third-order valence-electron chi connectivity index (χ3n) is 5.77. The summed E-state index contributed by atoms with van der Waals surface area (Å²) in [4.78, 5) is 11.6. The van der Waals surface area contributed by atoms with E-state index in [0.717, 1.165) is 6.08 Å². The van der Waals surface area contributed by atoms with Gasteiger partial charge in [-0.2, -0.15) is 8.78 Å². The van der Waals surface area contributed by atoms with E-state index in [4.69, 9.17) is 14.2 Å². The fourth-order valence-electron chi connectivity index (χ4n) is 4.23. The fourth-order valence-corrected chi connectivity index (χ4v) is 4.23. The van der Waals surface area contributed by atoms with Crippen LogP contribution in [0.15, 0.2) is 54.6 Å². The van der Waals surface area contributed by atoms with Crippen LogP contribution in [0.3, 0.4) is 0 Å². The molecular weight excluding hydrogens is 454 g/mol. The minimum absolute atomic E-state index is 0.0788. The van der Waals surface area contributed by atoms with Gasteiger partial charge in [0.25, 0.3) is 5.92 Å². The van der Waals surface area contributed by atoms with Crippen LogP contribution < -0.4 is 4.74 Å². The first kappa shape index (κ1) is 29.0. The van der Waals surface area contributed by atoms with Crippen molar-refractivity contribution in [2.75, 3.05) is 6.61 Å². The lowest BCUT2D eigenvalue weighted by molar-refractivity contribution is -0.147. The molecule has 1 fully saturated rings. The average molecular weight is 495 g/mol. The van der Waals surface area contributed by atoms with Crippen LogP contribution in [0.1, 0.15) is 59.8 Å². The Morgan fingerprint density at radius 3 is 2.51 bits per heavy atom. The summed E-state index contributed by atoms with van der Waals surface area (Å²) in [5, 5.41) is 10.7. The van der Waals surface area contributed by atoms with E-state index in [1.165, 1.54) is 6.08 Å². The molecule has 1 saturated carbocycles. The zero-order chi connectivity index (χ0) is 25.8. The van der Waals surface area contributed by atoms with Crippen molar-refractivity contribution in [2.24, 2.45) is 11.8 Å². The zero-order valence-corrected chi connectivity index (χ0v) is 21.2. The Morgan fingerprint density at radius 1 is 1.14 bits per heavy atom. The first-order chi connectivity index (χ1) is 16.6. The van der Waals surface area contributed by atoms with Crippen molar-refractivity contribution in [3.8, 4) is 5.75 Å². The van der Waals surface area contributed by atoms with E-state index in [1.807, 2.05) is 39.8 Å². The molecule has 1 aliphatic carbocycles. The van der Waals surface area contributed by atoms with Gasteiger partial charge >= 0.3 is 5.97 Å². The quantitative estimate of drug-likeness (QED) is 0.192. The van der Waals surface area contributed by atoms with E-state index < -0.39 is 18.6 Å². The molecule has 1 N–H and O–H groups in total. The molecular formula is C28H40F2O5. The number of allylic oxidation sites excluding steroid dienone is 2. The van der Waals surface area contributed by atoms with Crippen LogP contribution in [0.2, 0.25) is 0 Å². The molecule has 5 nitrogen and oxygen atoms in total. The summed E-state index contributed by atoms with van der Waals surface area (Å²) in [6.45, 7) is 6.67. The maximum absolute atomic E-state index is 14.5. The number of hydrogen-bond donors (Lipinski definition) is 1. The van der Waals surface area contributed by atoms with E-state index >= 15 is 0 Å². The van der Waals surface area contributed by atoms with Crippen LogP contribution >= 0.6 is 0 Å².